The molecule has 3 heterocycles. The molecule has 1 aliphatic heterocycles. The van der Waals surface area contributed by atoms with E-state index in [9.17, 15) is 18.0 Å². The number of hydrogen-bond donors (Lipinski definition) is 2. The number of aromatic amines is 1. The molecule has 4 rings (SSSR count). The zero-order valence-electron chi connectivity index (χ0n) is 22.4. The Morgan fingerprint density at radius 2 is 2.00 bits per heavy atom. The Kier molecular flexibility index (Phi) is 7.47. The Labute approximate surface area is 230 Å². The van der Waals surface area contributed by atoms with Gasteiger partial charge in [0.1, 0.15) is 22.4 Å². The summed E-state index contributed by atoms with van der Waals surface area (Å²) in [6.07, 6.45) is 0.310. The molecule has 0 bridgehead atoms. The van der Waals surface area contributed by atoms with Gasteiger partial charge in [-0.15, -0.1) is 0 Å². The minimum Gasteiger partial charge on any atom is -0.486 e. The van der Waals surface area contributed by atoms with E-state index in [0.717, 1.165) is 0 Å². The number of fused-ring (bicyclic) bond motifs is 1. The van der Waals surface area contributed by atoms with Gasteiger partial charge < -0.3 is 9.47 Å². The van der Waals surface area contributed by atoms with Crippen LogP contribution in [0.4, 0.5) is 16.2 Å². The van der Waals surface area contributed by atoms with Gasteiger partial charge in [-0.05, 0) is 52.3 Å². The first-order valence-electron chi connectivity index (χ1n) is 12.2. The van der Waals surface area contributed by atoms with Gasteiger partial charge in [0.2, 0.25) is 0 Å². The number of anilines is 2. The van der Waals surface area contributed by atoms with Gasteiger partial charge in [-0.3, -0.25) is 23.8 Å². The summed E-state index contributed by atoms with van der Waals surface area (Å²) in [5, 5.41) is 10.3. The number of H-pyrrole nitrogens is 1. The highest BCUT2D eigenvalue weighted by Gasteiger charge is 2.40. The van der Waals surface area contributed by atoms with Crippen molar-refractivity contribution in [1.29, 1.82) is 0 Å². The molecule has 0 aliphatic carbocycles. The van der Waals surface area contributed by atoms with Gasteiger partial charge in [-0.25, -0.2) is 18.0 Å². The average Bonchev–Trinajstić information content (AvgIpc) is 3.43. The highest BCUT2D eigenvalue weighted by molar-refractivity contribution is 7.93. The van der Waals surface area contributed by atoms with Crippen molar-refractivity contribution in [3.63, 3.8) is 0 Å². The zero-order chi connectivity index (χ0) is 28.8. The minimum atomic E-state index is -4.22. The van der Waals surface area contributed by atoms with E-state index >= 15 is 0 Å². The topological polar surface area (TPSA) is 162 Å². The monoisotopic (exact) mass is 582 g/mol. The van der Waals surface area contributed by atoms with Gasteiger partial charge in [0.05, 0.1) is 12.2 Å². The SMILES string of the molecule is CCn1cc(S(=O)(=O)N2C[C@@H](CC(C)(C)c3noc(=O)[nH]3)Oc3ccc(NC(=O)OC(C)(C)C)cc32)c(Cl)n1. The van der Waals surface area contributed by atoms with Gasteiger partial charge in [-0.2, -0.15) is 5.10 Å². The maximum Gasteiger partial charge on any atom is 0.438 e. The molecule has 39 heavy (non-hydrogen) atoms. The Balaban J connectivity index is 1.73. The molecule has 2 N–H and O–H groups in total. The lowest BCUT2D eigenvalue weighted by Gasteiger charge is -2.38. The number of sulfonamides is 1. The number of carbonyl (C=O) groups is 1. The first-order chi connectivity index (χ1) is 18.1. The zero-order valence-corrected chi connectivity index (χ0v) is 24.0. The Morgan fingerprint density at radius 1 is 1.28 bits per heavy atom. The van der Waals surface area contributed by atoms with Crippen LogP contribution >= 0.6 is 11.6 Å². The van der Waals surface area contributed by atoms with Crippen molar-refractivity contribution < 1.29 is 27.2 Å². The van der Waals surface area contributed by atoms with E-state index in [0.29, 0.717) is 18.1 Å². The number of benzene rings is 1. The van der Waals surface area contributed by atoms with Crippen molar-refractivity contribution >= 4 is 39.1 Å². The number of carbonyl (C=O) groups excluding carboxylic acids is 1. The van der Waals surface area contributed by atoms with Crippen LogP contribution in [-0.2, 0) is 26.7 Å². The molecule has 3 aromatic rings. The average molecular weight is 583 g/mol. The Morgan fingerprint density at radius 3 is 2.59 bits per heavy atom. The lowest BCUT2D eigenvalue weighted by molar-refractivity contribution is 0.0636. The summed E-state index contributed by atoms with van der Waals surface area (Å²) in [6.45, 7) is 11.0. The van der Waals surface area contributed by atoms with Crippen LogP contribution in [0.3, 0.4) is 0 Å². The minimum absolute atomic E-state index is 0.0929. The number of rotatable bonds is 7. The molecule has 13 nitrogen and oxygen atoms in total. The second-order valence-electron chi connectivity index (χ2n) is 10.8. The van der Waals surface area contributed by atoms with Crippen molar-refractivity contribution in [3.8, 4) is 5.75 Å². The lowest BCUT2D eigenvalue weighted by Crippen LogP contribution is -2.45. The molecule has 0 spiro atoms. The van der Waals surface area contributed by atoms with E-state index < -0.39 is 39.0 Å². The summed E-state index contributed by atoms with van der Waals surface area (Å²) in [7, 11) is -4.22. The van der Waals surface area contributed by atoms with Gasteiger partial charge in [-0.1, -0.05) is 30.6 Å². The molecule has 0 saturated heterocycles. The predicted octanol–water partition coefficient (Wildman–Crippen LogP) is 3.90. The first-order valence-corrected chi connectivity index (χ1v) is 14.0. The number of nitrogens with one attached hydrogen (secondary N) is 2. The van der Waals surface area contributed by atoms with Crippen LogP contribution in [0.1, 0.15) is 53.8 Å². The number of amides is 1. The fraction of sp³-hybridized carbons (Fsp3) is 0.500. The standard InChI is InChI=1S/C24H31ClN6O7S/c1-7-30-13-18(19(25)28-30)39(34,35)31-12-15(11-24(5,6)20-27-22(33)38-29-20)36-17-9-8-14(10-16(17)31)26-21(32)37-23(2,3)4/h8-10,13,15H,7,11-12H2,1-6H3,(H,26,32)(H,27,29,33)/t15-/m1/s1. The molecular formula is C24H31ClN6O7S. The molecule has 0 fully saturated rings. The molecular weight excluding hydrogens is 552 g/mol. The third kappa shape index (κ3) is 6.22. The van der Waals surface area contributed by atoms with Crippen LogP contribution in [0.15, 0.2) is 38.6 Å². The van der Waals surface area contributed by atoms with E-state index in [4.69, 9.17) is 21.1 Å². The van der Waals surface area contributed by atoms with Crippen LogP contribution in [0.25, 0.3) is 0 Å². The van der Waals surface area contributed by atoms with Crippen LogP contribution in [0, 0.1) is 0 Å². The predicted molar refractivity (Wildman–Crippen MR) is 143 cm³/mol. The summed E-state index contributed by atoms with van der Waals surface area (Å²) >= 11 is 6.25. The number of hydrogen-bond acceptors (Lipinski definition) is 9. The maximum atomic E-state index is 14.0. The van der Waals surface area contributed by atoms with Gasteiger partial charge in [0, 0.05) is 23.8 Å². The van der Waals surface area contributed by atoms with Crippen molar-refractivity contribution in [2.45, 2.75) is 76.5 Å². The number of nitrogens with zero attached hydrogens (tertiary/aromatic N) is 4. The summed E-state index contributed by atoms with van der Waals surface area (Å²) in [5.74, 6) is -0.113. The molecule has 1 aliphatic rings. The molecule has 15 heteroatoms. The van der Waals surface area contributed by atoms with Crippen LogP contribution in [0.2, 0.25) is 5.15 Å². The molecule has 2 aromatic heterocycles. The highest BCUT2D eigenvalue weighted by atomic mass is 35.5. The molecule has 0 radical (unpaired) electrons. The van der Waals surface area contributed by atoms with Crippen molar-refractivity contribution in [1.82, 2.24) is 19.9 Å². The van der Waals surface area contributed by atoms with Crippen molar-refractivity contribution in [3.05, 3.63) is 45.9 Å². The normalized spacial score (nSPS) is 16.0. The quantitative estimate of drug-likeness (QED) is 0.420. The number of halogens is 1. The largest absolute Gasteiger partial charge is 0.486 e. The summed E-state index contributed by atoms with van der Waals surface area (Å²) in [4.78, 5) is 26.3. The lowest BCUT2D eigenvalue weighted by atomic mass is 9.85. The molecule has 1 aromatic carbocycles. The van der Waals surface area contributed by atoms with E-state index in [2.05, 4.69) is 25.1 Å². The third-order valence-corrected chi connectivity index (χ3v) is 8.11. The number of aromatic nitrogens is 4. The van der Waals surface area contributed by atoms with Crippen LogP contribution in [0.5, 0.6) is 5.75 Å². The molecule has 212 valence electrons. The van der Waals surface area contributed by atoms with Crippen LogP contribution < -0.4 is 20.1 Å². The highest BCUT2D eigenvalue weighted by Crippen LogP contribution is 2.42. The fourth-order valence-corrected chi connectivity index (χ4v) is 6.11. The molecule has 1 atom stereocenters. The van der Waals surface area contributed by atoms with Crippen LogP contribution in [-0.4, -0.2) is 52.7 Å². The number of aryl methyl sites for hydroxylation is 1. The molecule has 1 amide bonds. The maximum absolute atomic E-state index is 14.0. The van der Waals surface area contributed by atoms with E-state index in [1.165, 1.54) is 21.3 Å². The molecule has 0 saturated carbocycles. The summed E-state index contributed by atoms with van der Waals surface area (Å²) in [6, 6.07) is 4.64. The third-order valence-electron chi connectivity index (χ3n) is 5.93. The Hall–Kier alpha value is -3.52. The number of ether oxygens (including phenoxy) is 2. The fourth-order valence-electron chi connectivity index (χ4n) is 4.17. The van der Waals surface area contributed by atoms with Crippen molar-refractivity contribution in [2.24, 2.45) is 0 Å². The summed E-state index contributed by atoms with van der Waals surface area (Å²) < 4.78 is 46.7. The second kappa shape index (κ2) is 10.2. The van der Waals surface area contributed by atoms with E-state index in [1.54, 1.807) is 32.9 Å². The Bertz CT molecular complexity index is 1540. The van der Waals surface area contributed by atoms with Gasteiger partial charge in [0.15, 0.2) is 11.0 Å². The molecule has 0 unspecified atom stereocenters. The van der Waals surface area contributed by atoms with Crippen molar-refractivity contribution in [2.75, 3.05) is 16.2 Å². The summed E-state index contributed by atoms with van der Waals surface area (Å²) in [5.41, 5.74) is -0.942. The van der Waals surface area contributed by atoms with Gasteiger partial charge >= 0.3 is 11.8 Å². The first kappa shape index (κ1) is 28.5. The second-order valence-corrected chi connectivity index (χ2v) is 12.9. The van der Waals surface area contributed by atoms with E-state index in [1.807, 2.05) is 20.8 Å². The smallest absolute Gasteiger partial charge is 0.438 e. The van der Waals surface area contributed by atoms with Gasteiger partial charge in [0.25, 0.3) is 10.0 Å². The van der Waals surface area contributed by atoms with E-state index in [-0.39, 0.29) is 34.5 Å².